The first-order valence-corrected chi connectivity index (χ1v) is 7.80. The Kier molecular flexibility index (Phi) is 3.77. The Bertz CT molecular complexity index is 692. The van der Waals surface area contributed by atoms with Crippen molar-refractivity contribution < 1.29 is 0 Å². The molecular formula is C18H24N4. The van der Waals surface area contributed by atoms with Gasteiger partial charge in [0.15, 0.2) is 0 Å². The molecule has 1 aliphatic rings. The second-order valence-electron chi connectivity index (χ2n) is 6.64. The van der Waals surface area contributed by atoms with E-state index >= 15 is 0 Å². The van der Waals surface area contributed by atoms with Crippen LogP contribution in [0.2, 0.25) is 0 Å². The highest BCUT2D eigenvalue weighted by molar-refractivity contribution is 5.38. The molecule has 2 heterocycles. The van der Waals surface area contributed by atoms with Crippen LogP contribution in [0.3, 0.4) is 0 Å². The molecular weight excluding hydrogens is 272 g/mol. The maximum absolute atomic E-state index is 4.18. The summed E-state index contributed by atoms with van der Waals surface area (Å²) in [6.07, 6.45) is 13.9. The Labute approximate surface area is 132 Å². The average Bonchev–Trinajstić information content (AvgIpc) is 3.15. The van der Waals surface area contributed by atoms with Crippen LogP contribution in [0.15, 0.2) is 60.2 Å². The highest BCUT2D eigenvalue weighted by Crippen LogP contribution is 2.46. The van der Waals surface area contributed by atoms with E-state index in [1.807, 2.05) is 37.4 Å². The van der Waals surface area contributed by atoms with Crippen molar-refractivity contribution >= 4 is 0 Å². The van der Waals surface area contributed by atoms with Crippen molar-refractivity contribution in [3.05, 3.63) is 60.2 Å². The molecule has 0 fully saturated rings. The highest BCUT2D eigenvalue weighted by atomic mass is 15.0. The van der Waals surface area contributed by atoms with Crippen LogP contribution in [-0.2, 0) is 13.1 Å². The fourth-order valence-corrected chi connectivity index (χ4v) is 3.51. The Morgan fingerprint density at radius 1 is 1.09 bits per heavy atom. The monoisotopic (exact) mass is 296 g/mol. The van der Waals surface area contributed by atoms with Crippen LogP contribution < -0.4 is 0 Å². The van der Waals surface area contributed by atoms with Crippen LogP contribution in [0.1, 0.15) is 27.7 Å². The maximum Gasteiger partial charge on any atom is 0.0948 e. The minimum absolute atomic E-state index is 0.107. The van der Waals surface area contributed by atoms with Crippen LogP contribution in [0.25, 0.3) is 0 Å². The summed E-state index contributed by atoms with van der Waals surface area (Å²) in [5.41, 5.74) is 4.43. The number of aromatic nitrogens is 4. The third-order valence-electron chi connectivity index (χ3n) is 5.30. The fourth-order valence-electron chi connectivity index (χ4n) is 3.51. The summed E-state index contributed by atoms with van der Waals surface area (Å²) in [6, 6.07) is 0. The van der Waals surface area contributed by atoms with E-state index in [9.17, 15) is 0 Å². The topological polar surface area (TPSA) is 35.6 Å². The standard InChI is InChI=1S/C18H24N4/c1-14-9-15(2)18(4,11-22-8-6-20-13-22)16(3)17(14)10-21-7-5-19-12-21/h5-9,12-13,16H,10-11H2,1-4H3. The number of nitrogens with zero attached hydrogens (tertiary/aromatic N) is 4. The van der Waals surface area contributed by atoms with Gasteiger partial charge < -0.3 is 9.13 Å². The van der Waals surface area contributed by atoms with E-state index in [0.29, 0.717) is 5.92 Å². The quantitative estimate of drug-likeness (QED) is 0.862. The van der Waals surface area contributed by atoms with Crippen LogP contribution in [-0.4, -0.2) is 19.1 Å². The van der Waals surface area contributed by atoms with Gasteiger partial charge in [-0.1, -0.05) is 25.5 Å². The number of allylic oxidation sites excluding steroid dienone is 4. The molecule has 22 heavy (non-hydrogen) atoms. The van der Waals surface area contributed by atoms with Crippen LogP contribution in [0, 0.1) is 11.3 Å². The van der Waals surface area contributed by atoms with Gasteiger partial charge in [-0.15, -0.1) is 0 Å². The molecule has 0 amide bonds. The van der Waals surface area contributed by atoms with E-state index in [2.05, 4.69) is 52.9 Å². The van der Waals surface area contributed by atoms with Crippen molar-refractivity contribution in [2.45, 2.75) is 40.8 Å². The van der Waals surface area contributed by atoms with Gasteiger partial charge in [0.2, 0.25) is 0 Å². The average molecular weight is 296 g/mol. The first kappa shape index (κ1) is 14.8. The third kappa shape index (κ3) is 2.54. The van der Waals surface area contributed by atoms with Gasteiger partial charge in [0.1, 0.15) is 0 Å². The first-order valence-electron chi connectivity index (χ1n) is 7.80. The van der Waals surface area contributed by atoms with Gasteiger partial charge in [0, 0.05) is 43.3 Å². The van der Waals surface area contributed by atoms with Gasteiger partial charge in [0.25, 0.3) is 0 Å². The minimum atomic E-state index is 0.107. The molecule has 0 N–H and O–H groups in total. The van der Waals surface area contributed by atoms with E-state index in [-0.39, 0.29) is 5.41 Å². The van der Waals surface area contributed by atoms with Crippen molar-refractivity contribution in [1.82, 2.24) is 19.1 Å². The second kappa shape index (κ2) is 5.59. The van der Waals surface area contributed by atoms with Crippen LogP contribution >= 0.6 is 0 Å². The van der Waals surface area contributed by atoms with E-state index in [0.717, 1.165) is 13.1 Å². The molecule has 1 aliphatic carbocycles. The van der Waals surface area contributed by atoms with E-state index in [1.165, 1.54) is 16.7 Å². The molecule has 3 rings (SSSR count). The summed E-state index contributed by atoms with van der Waals surface area (Å²) in [5.74, 6) is 0.474. The lowest BCUT2D eigenvalue weighted by Gasteiger charge is -2.42. The van der Waals surface area contributed by atoms with Gasteiger partial charge >= 0.3 is 0 Å². The lowest BCUT2D eigenvalue weighted by molar-refractivity contribution is 0.236. The summed E-state index contributed by atoms with van der Waals surface area (Å²) in [7, 11) is 0. The summed E-state index contributed by atoms with van der Waals surface area (Å²) in [4.78, 5) is 8.35. The van der Waals surface area contributed by atoms with Crippen molar-refractivity contribution in [2.75, 3.05) is 0 Å². The molecule has 4 heteroatoms. The van der Waals surface area contributed by atoms with Gasteiger partial charge in [-0.05, 0) is 30.9 Å². The van der Waals surface area contributed by atoms with Gasteiger partial charge in [-0.2, -0.15) is 0 Å². The summed E-state index contributed by atoms with van der Waals surface area (Å²) < 4.78 is 4.34. The minimum Gasteiger partial charge on any atom is -0.337 e. The summed E-state index contributed by atoms with van der Waals surface area (Å²) in [5, 5.41) is 0. The normalized spacial score (nSPS) is 25.5. The third-order valence-corrected chi connectivity index (χ3v) is 5.30. The fraction of sp³-hybridized carbons (Fsp3) is 0.444. The van der Waals surface area contributed by atoms with Crippen LogP contribution in [0.4, 0.5) is 0 Å². The molecule has 0 aliphatic heterocycles. The van der Waals surface area contributed by atoms with Crippen molar-refractivity contribution in [2.24, 2.45) is 11.3 Å². The first-order chi connectivity index (χ1) is 10.5. The summed E-state index contributed by atoms with van der Waals surface area (Å²) in [6.45, 7) is 11.1. The molecule has 0 saturated carbocycles. The Morgan fingerprint density at radius 2 is 1.73 bits per heavy atom. The summed E-state index contributed by atoms with van der Waals surface area (Å²) >= 11 is 0. The van der Waals surface area contributed by atoms with Crippen molar-refractivity contribution in [3.63, 3.8) is 0 Å². The van der Waals surface area contributed by atoms with E-state index in [1.54, 1.807) is 0 Å². The predicted molar refractivity (Wildman–Crippen MR) is 88.2 cm³/mol. The zero-order valence-electron chi connectivity index (χ0n) is 13.8. The van der Waals surface area contributed by atoms with E-state index < -0.39 is 0 Å². The number of rotatable bonds is 4. The predicted octanol–water partition coefficient (Wildman–Crippen LogP) is 3.70. The lowest BCUT2D eigenvalue weighted by atomic mass is 9.65. The zero-order valence-corrected chi connectivity index (χ0v) is 13.8. The molecule has 2 atom stereocenters. The number of hydrogen-bond acceptors (Lipinski definition) is 2. The molecule has 2 aromatic rings. The highest BCUT2D eigenvalue weighted by Gasteiger charge is 2.38. The van der Waals surface area contributed by atoms with E-state index in [4.69, 9.17) is 0 Å². The molecule has 2 unspecified atom stereocenters. The largest absolute Gasteiger partial charge is 0.337 e. The molecule has 116 valence electrons. The maximum atomic E-state index is 4.18. The second-order valence-corrected chi connectivity index (χ2v) is 6.64. The molecule has 0 radical (unpaired) electrons. The molecule has 0 spiro atoms. The smallest absolute Gasteiger partial charge is 0.0948 e. The molecule has 0 aromatic carbocycles. The molecule has 2 aromatic heterocycles. The molecule has 0 bridgehead atoms. The van der Waals surface area contributed by atoms with Crippen molar-refractivity contribution in [3.8, 4) is 0 Å². The number of imidazole rings is 2. The van der Waals surface area contributed by atoms with Crippen LogP contribution in [0.5, 0.6) is 0 Å². The van der Waals surface area contributed by atoms with Gasteiger partial charge in [-0.25, -0.2) is 9.97 Å². The Balaban J connectivity index is 1.92. The van der Waals surface area contributed by atoms with Crippen molar-refractivity contribution in [1.29, 1.82) is 0 Å². The van der Waals surface area contributed by atoms with Gasteiger partial charge in [-0.3, -0.25) is 0 Å². The zero-order chi connectivity index (χ0) is 15.7. The molecule has 0 saturated heterocycles. The Morgan fingerprint density at radius 3 is 2.32 bits per heavy atom. The van der Waals surface area contributed by atoms with Gasteiger partial charge in [0.05, 0.1) is 12.7 Å². The SMILES string of the molecule is CC1=CC(C)=C(Cn2ccnc2)C(C)C1(C)Cn1ccnc1. The lowest BCUT2D eigenvalue weighted by Crippen LogP contribution is -2.36. The number of hydrogen-bond donors (Lipinski definition) is 0. The Hall–Kier alpha value is -2.10. The molecule has 4 nitrogen and oxygen atoms in total.